The van der Waals surface area contributed by atoms with Gasteiger partial charge in [0.15, 0.2) is 5.96 Å². The molecule has 0 aliphatic heterocycles. The minimum Gasteiger partial charge on any atom is -0.352 e. The van der Waals surface area contributed by atoms with Crippen LogP contribution in [0.3, 0.4) is 0 Å². The van der Waals surface area contributed by atoms with Gasteiger partial charge in [-0.2, -0.15) is 5.26 Å². The molecule has 8 heteroatoms. The van der Waals surface area contributed by atoms with Crippen molar-refractivity contribution in [3.05, 3.63) is 77.5 Å². The SMILES string of the molecule is CN=C(NCc1ccc(C#N)cc1F)N(C)Cc1ncc(-c2ccccc2)[nH]1.I. The molecule has 0 aliphatic carbocycles. The number of nitriles is 1. The van der Waals surface area contributed by atoms with Crippen LogP contribution in [0, 0.1) is 17.1 Å². The molecule has 0 unspecified atom stereocenters. The lowest BCUT2D eigenvalue weighted by atomic mass is 10.1. The number of hydrogen-bond acceptors (Lipinski definition) is 3. The van der Waals surface area contributed by atoms with E-state index in [0.717, 1.165) is 17.1 Å². The molecule has 2 N–H and O–H groups in total. The molecule has 0 spiro atoms. The molecule has 0 bridgehead atoms. The zero-order valence-corrected chi connectivity index (χ0v) is 18.5. The van der Waals surface area contributed by atoms with Gasteiger partial charge in [-0.3, -0.25) is 4.99 Å². The summed E-state index contributed by atoms with van der Waals surface area (Å²) in [6.45, 7) is 0.782. The highest BCUT2D eigenvalue weighted by Crippen LogP contribution is 2.16. The van der Waals surface area contributed by atoms with Crippen molar-refractivity contribution in [1.29, 1.82) is 5.26 Å². The molecular formula is C21H22FIN6. The first-order valence-electron chi connectivity index (χ1n) is 8.80. The lowest BCUT2D eigenvalue weighted by Crippen LogP contribution is -2.38. The monoisotopic (exact) mass is 504 g/mol. The molecule has 3 aromatic rings. The van der Waals surface area contributed by atoms with Gasteiger partial charge < -0.3 is 15.2 Å². The topological polar surface area (TPSA) is 80.1 Å². The molecule has 0 amide bonds. The molecule has 1 aromatic heterocycles. The van der Waals surface area contributed by atoms with E-state index in [1.165, 1.54) is 6.07 Å². The van der Waals surface area contributed by atoms with Crippen LogP contribution in [0.15, 0.2) is 59.7 Å². The fourth-order valence-corrected chi connectivity index (χ4v) is 2.83. The number of aromatic nitrogens is 2. The lowest BCUT2D eigenvalue weighted by molar-refractivity contribution is 0.462. The highest BCUT2D eigenvalue weighted by Gasteiger charge is 2.11. The zero-order valence-electron chi connectivity index (χ0n) is 16.2. The van der Waals surface area contributed by atoms with Crippen molar-refractivity contribution in [3.8, 4) is 17.3 Å². The first-order chi connectivity index (χ1) is 13.6. The van der Waals surface area contributed by atoms with Crippen molar-refractivity contribution < 1.29 is 4.39 Å². The van der Waals surface area contributed by atoms with Gasteiger partial charge in [-0.25, -0.2) is 9.37 Å². The maximum Gasteiger partial charge on any atom is 0.194 e. The van der Waals surface area contributed by atoms with E-state index < -0.39 is 5.82 Å². The van der Waals surface area contributed by atoms with Crippen LogP contribution in [0.25, 0.3) is 11.3 Å². The standard InChI is InChI=1S/C21H21FN6.HI/c1-24-21(26-12-17-9-8-15(11-23)10-18(17)22)28(2)14-20-25-13-19(27-20)16-6-4-3-5-7-16;/h3-10,13H,12,14H2,1-2H3,(H,24,26)(H,25,27);1H. The Balaban J connectivity index is 0.00000300. The molecule has 150 valence electrons. The van der Waals surface area contributed by atoms with Crippen LogP contribution < -0.4 is 5.32 Å². The van der Waals surface area contributed by atoms with Crippen molar-refractivity contribution >= 4 is 29.9 Å². The molecule has 0 aliphatic rings. The number of nitrogens with zero attached hydrogens (tertiary/aromatic N) is 4. The van der Waals surface area contributed by atoms with E-state index in [2.05, 4.69) is 20.3 Å². The summed E-state index contributed by atoms with van der Waals surface area (Å²) in [5, 5.41) is 12.0. The van der Waals surface area contributed by atoms with Gasteiger partial charge in [-0.1, -0.05) is 36.4 Å². The number of aromatic amines is 1. The summed E-state index contributed by atoms with van der Waals surface area (Å²) in [6.07, 6.45) is 1.81. The predicted molar refractivity (Wildman–Crippen MR) is 122 cm³/mol. The Morgan fingerprint density at radius 1 is 1.28 bits per heavy atom. The Morgan fingerprint density at radius 3 is 2.69 bits per heavy atom. The summed E-state index contributed by atoms with van der Waals surface area (Å²) >= 11 is 0. The second kappa shape index (κ2) is 10.6. The van der Waals surface area contributed by atoms with Crippen molar-refractivity contribution in [2.45, 2.75) is 13.1 Å². The number of H-pyrrole nitrogens is 1. The predicted octanol–water partition coefficient (Wildman–Crippen LogP) is 3.91. The normalized spacial score (nSPS) is 10.8. The van der Waals surface area contributed by atoms with Gasteiger partial charge in [0.2, 0.25) is 0 Å². The minimum absolute atomic E-state index is 0. The van der Waals surface area contributed by atoms with Crippen molar-refractivity contribution in [1.82, 2.24) is 20.2 Å². The van der Waals surface area contributed by atoms with Crippen LogP contribution in [0.5, 0.6) is 0 Å². The number of benzene rings is 2. The Kier molecular flexibility index (Phi) is 8.15. The number of rotatable bonds is 5. The zero-order chi connectivity index (χ0) is 19.9. The first-order valence-corrected chi connectivity index (χ1v) is 8.80. The second-order valence-electron chi connectivity index (χ2n) is 6.28. The fourth-order valence-electron chi connectivity index (χ4n) is 2.83. The molecule has 0 saturated carbocycles. The Hall–Kier alpha value is -2.93. The number of aliphatic imine (C=N–C) groups is 1. The maximum absolute atomic E-state index is 14.0. The smallest absolute Gasteiger partial charge is 0.194 e. The number of nitrogens with one attached hydrogen (secondary N) is 2. The Morgan fingerprint density at radius 2 is 2.03 bits per heavy atom. The van der Waals surface area contributed by atoms with E-state index in [9.17, 15) is 4.39 Å². The average molecular weight is 504 g/mol. The molecule has 29 heavy (non-hydrogen) atoms. The van der Waals surface area contributed by atoms with Gasteiger partial charge in [0.1, 0.15) is 11.6 Å². The van der Waals surface area contributed by atoms with Crippen LogP contribution in [-0.2, 0) is 13.1 Å². The molecule has 0 radical (unpaired) electrons. The Bertz CT molecular complexity index is 1010. The van der Waals surface area contributed by atoms with Crippen molar-refractivity contribution in [3.63, 3.8) is 0 Å². The van der Waals surface area contributed by atoms with E-state index in [1.54, 1.807) is 25.4 Å². The van der Waals surface area contributed by atoms with Crippen molar-refractivity contribution in [2.75, 3.05) is 14.1 Å². The van der Waals surface area contributed by atoms with E-state index in [4.69, 9.17) is 5.26 Å². The molecule has 6 nitrogen and oxygen atoms in total. The summed E-state index contributed by atoms with van der Waals surface area (Å²) in [5.74, 6) is 0.999. The van der Waals surface area contributed by atoms with Crippen molar-refractivity contribution in [2.24, 2.45) is 4.99 Å². The molecular weight excluding hydrogens is 482 g/mol. The van der Waals surface area contributed by atoms with Crippen LogP contribution in [0.2, 0.25) is 0 Å². The largest absolute Gasteiger partial charge is 0.352 e. The number of imidazole rings is 1. The minimum atomic E-state index is -0.414. The van der Waals surface area contributed by atoms with Crippen LogP contribution in [0.1, 0.15) is 17.0 Å². The van der Waals surface area contributed by atoms with E-state index in [-0.39, 0.29) is 30.5 Å². The molecule has 2 aromatic carbocycles. The third-order valence-corrected chi connectivity index (χ3v) is 4.29. The number of hydrogen-bond donors (Lipinski definition) is 2. The quantitative estimate of drug-likeness (QED) is 0.314. The highest BCUT2D eigenvalue weighted by molar-refractivity contribution is 14.0. The summed E-state index contributed by atoms with van der Waals surface area (Å²) in [4.78, 5) is 13.9. The van der Waals surface area contributed by atoms with Gasteiger partial charge in [-0.05, 0) is 17.7 Å². The Labute approximate surface area is 186 Å². The van der Waals surface area contributed by atoms with Crippen LogP contribution in [-0.4, -0.2) is 34.9 Å². The second-order valence-corrected chi connectivity index (χ2v) is 6.28. The van der Waals surface area contributed by atoms with Crippen LogP contribution in [0.4, 0.5) is 4.39 Å². The van der Waals surface area contributed by atoms with E-state index in [0.29, 0.717) is 23.6 Å². The fraction of sp³-hybridized carbons (Fsp3) is 0.190. The molecule has 3 rings (SSSR count). The maximum atomic E-state index is 14.0. The number of halogens is 2. The number of guanidine groups is 1. The molecule has 1 heterocycles. The summed E-state index contributed by atoms with van der Waals surface area (Å²) in [7, 11) is 3.56. The third-order valence-electron chi connectivity index (χ3n) is 4.29. The summed E-state index contributed by atoms with van der Waals surface area (Å²) < 4.78 is 14.0. The van der Waals surface area contributed by atoms with Gasteiger partial charge in [0.25, 0.3) is 0 Å². The van der Waals surface area contributed by atoms with Crippen LogP contribution >= 0.6 is 24.0 Å². The summed E-state index contributed by atoms with van der Waals surface area (Å²) in [6, 6.07) is 16.3. The third kappa shape index (κ3) is 5.77. The van der Waals surface area contributed by atoms with Gasteiger partial charge in [0, 0.05) is 26.2 Å². The van der Waals surface area contributed by atoms with E-state index >= 15 is 0 Å². The van der Waals surface area contributed by atoms with Gasteiger partial charge >= 0.3 is 0 Å². The van der Waals surface area contributed by atoms with Gasteiger partial charge in [0.05, 0.1) is 30.1 Å². The first kappa shape index (κ1) is 22.4. The molecule has 0 saturated heterocycles. The lowest BCUT2D eigenvalue weighted by Gasteiger charge is -2.21. The molecule has 0 fully saturated rings. The highest BCUT2D eigenvalue weighted by atomic mass is 127. The average Bonchev–Trinajstić information content (AvgIpc) is 3.18. The van der Waals surface area contributed by atoms with Gasteiger partial charge in [-0.15, -0.1) is 24.0 Å². The van der Waals surface area contributed by atoms with E-state index in [1.807, 2.05) is 48.3 Å². The summed E-state index contributed by atoms with van der Waals surface area (Å²) in [5.41, 5.74) is 2.79. The molecule has 0 atom stereocenters.